The lowest BCUT2D eigenvalue weighted by atomic mass is 10.2. The molecule has 2 heterocycles. The van der Waals surface area contributed by atoms with Crippen LogP contribution in [0.15, 0.2) is 36.5 Å². The predicted molar refractivity (Wildman–Crippen MR) is 84.9 cm³/mol. The van der Waals surface area contributed by atoms with E-state index in [1.165, 1.54) is 6.20 Å². The number of thiocarbonyl (C=S) groups is 1. The van der Waals surface area contributed by atoms with Gasteiger partial charge >= 0.3 is 0 Å². The highest BCUT2D eigenvalue weighted by atomic mass is 32.1. The summed E-state index contributed by atoms with van der Waals surface area (Å²) < 4.78 is 0. The minimum absolute atomic E-state index is 0.173. The zero-order valence-corrected chi connectivity index (χ0v) is 12.7. The minimum Gasteiger partial charge on any atom is -0.389 e. The first-order valence-electron chi connectivity index (χ1n) is 6.41. The number of carbonyl (C=O) groups is 1. The number of nitrogens with two attached hydrogens (primary N) is 1. The summed E-state index contributed by atoms with van der Waals surface area (Å²) in [5, 5.41) is 0. The van der Waals surface area contributed by atoms with Crippen molar-refractivity contribution >= 4 is 23.1 Å². The number of amides is 1. The maximum absolute atomic E-state index is 12.3. The molecule has 0 aliphatic carbocycles. The Morgan fingerprint density at radius 2 is 2.10 bits per heavy atom. The van der Waals surface area contributed by atoms with Gasteiger partial charge in [0.2, 0.25) is 0 Å². The van der Waals surface area contributed by atoms with E-state index in [-0.39, 0.29) is 10.9 Å². The zero-order chi connectivity index (χ0) is 15.4. The number of aromatic nitrogens is 2. The molecule has 0 saturated carbocycles. The van der Waals surface area contributed by atoms with Gasteiger partial charge in [-0.15, -0.1) is 0 Å². The van der Waals surface area contributed by atoms with Gasteiger partial charge in [0.25, 0.3) is 5.91 Å². The molecule has 0 aromatic carbocycles. The average molecular weight is 300 g/mol. The topological polar surface area (TPSA) is 72.1 Å². The number of hydrogen-bond acceptors (Lipinski definition) is 4. The molecule has 0 aliphatic rings. The van der Waals surface area contributed by atoms with Gasteiger partial charge in [-0.25, -0.2) is 0 Å². The maximum Gasteiger partial charge on any atom is 0.272 e. The highest BCUT2D eigenvalue weighted by Gasteiger charge is 2.14. The molecule has 0 fully saturated rings. The average Bonchev–Trinajstić information content (AvgIpc) is 2.46. The summed E-state index contributed by atoms with van der Waals surface area (Å²) in [6.07, 6.45) is 1.51. The van der Waals surface area contributed by atoms with Crippen molar-refractivity contribution < 1.29 is 4.79 Å². The van der Waals surface area contributed by atoms with E-state index in [0.717, 1.165) is 11.4 Å². The van der Waals surface area contributed by atoms with Crippen LogP contribution in [0.4, 0.5) is 0 Å². The fourth-order valence-electron chi connectivity index (χ4n) is 1.86. The second-order valence-electron chi connectivity index (χ2n) is 4.73. The Kier molecular flexibility index (Phi) is 4.59. The predicted octanol–water partition coefficient (Wildman–Crippen LogP) is 1.69. The molecule has 6 heteroatoms. The molecule has 108 valence electrons. The fourth-order valence-corrected chi connectivity index (χ4v) is 1.98. The van der Waals surface area contributed by atoms with Gasteiger partial charge in [0.05, 0.1) is 12.2 Å². The molecule has 0 unspecified atom stereocenters. The number of nitrogens with zero attached hydrogens (tertiary/aromatic N) is 3. The van der Waals surface area contributed by atoms with Gasteiger partial charge in [-0.3, -0.25) is 14.8 Å². The van der Waals surface area contributed by atoms with E-state index in [1.807, 2.05) is 25.1 Å². The fraction of sp³-hybridized carbons (Fsp3) is 0.200. The van der Waals surface area contributed by atoms with Gasteiger partial charge in [-0.05, 0) is 31.2 Å². The first-order chi connectivity index (χ1) is 9.97. The summed E-state index contributed by atoms with van der Waals surface area (Å²) in [4.78, 5) is 22.6. The summed E-state index contributed by atoms with van der Waals surface area (Å²) in [5.41, 5.74) is 8.26. The van der Waals surface area contributed by atoms with Crippen molar-refractivity contribution in [2.75, 3.05) is 7.05 Å². The lowest BCUT2D eigenvalue weighted by Gasteiger charge is -2.16. The molecule has 0 atom stereocenters. The van der Waals surface area contributed by atoms with E-state index in [1.54, 1.807) is 24.1 Å². The molecule has 1 amide bonds. The van der Waals surface area contributed by atoms with E-state index >= 15 is 0 Å². The van der Waals surface area contributed by atoms with Gasteiger partial charge in [-0.2, -0.15) is 0 Å². The highest BCUT2D eigenvalue weighted by Crippen LogP contribution is 2.07. The van der Waals surface area contributed by atoms with E-state index in [2.05, 4.69) is 9.97 Å². The molecular weight excluding hydrogens is 284 g/mol. The Labute approximate surface area is 128 Å². The third kappa shape index (κ3) is 3.82. The molecule has 5 nitrogen and oxygen atoms in total. The lowest BCUT2D eigenvalue weighted by molar-refractivity contribution is 0.0777. The molecule has 0 saturated heterocycles. The van der Waals surface area contributed by atoms with Crippen molar-refractivity contribution in [2.24, 2.45) is 5.73 Å². The third-order valence-corrected chi connectivity index (χ3v) is 3.19. The van der Waals surface area contributed by atoms with Crippen LogP contribution in [0.3, 0.4) is 0 Å². The van der Waals surface area contributed by atoms with Crippen LogP contribution in [-0.4, -0.2) is 32.8 Å². The number of hydrogen-bond donors (Lipinski definition) is 1. The quantitative estimate of drug-likeness (QED) is 0.870. The Morgan fingerprint density at radius 1 is 1.33 bits per heavy atom. The van der Waals surface area contributed by atoms with Crippen LogP contribution in [0.5, 0.6) is 0 Å². The number of carbonyl (C=O) groups excluding carboxylic acids is 1. The smallest absolute Gasteiger partial charge is 0.272 e. The van der Waals surface area contributed by atoms with Crippen molar-refractivity contribution in [3.05, 3.63) is 59.2 Å². The third-order valence-electron chi connectivity index (χ3n) is 2.96. The van der Waals surface area contributed by atoms with E-state index < -0.39 is 0 Å². The summed E-state index contributed by atoms with van der Waals surface area (Å²) in [5.74, 6) is -0.173. The van der Waals surface area contributed by atoms with Crippen molar-refractivity contribution in [3.63, 3.8) is 0 Å². The first kappa shape index (κ1) is 15.1. The molecule has 2 N–H and O–H groups in total. The molecular formula is C15H16N4OS. The normalized spacial score (nSPS) is 10.2. The Bertz CT molecular complexity index is 670. The van der Waals surface area contributed by atoms with Crippen LogP contribution in [0.25, 0.3) is 0 Å². The highest BCUT2D eigenvalue weighted by molar-refractivity contribution is 7.80. The molecule has 0 radical (unpaired) electrons. The van der Waals surface area contributed by atoms with Crippen LogP contribution >= 0.6 is 12.2 Å². The number of rotatable bonds is 4. The Morgan fingerprint density at radius 3 is 2.67 bits per heavy atom. The molecule has 0 spiro atoms. The van der Waals surface area contributed by atoms with Gasteiger partial charge < -0.3 is 10.6 Å². The lowest BCUT2D eigenvalue weighted by Crippen LogP contribution is -2.27. The summed E-state index contributed by atoms with van der Waals surface area (Å²) in [7, 11) is 1.72. The minimum atomic E-state index is -0.173. The monoisotopic (exact) mass is 300 g/mol. The van der Waals surface area contributed by atoms with E-state index in [4.69, 9.17) is 18.0 Å². The van der Waals surface area contributed by atoms with Crippen molar-refractivity contribution in [1.82, 2.24) is 14.9 Å². The van der Waals surface area contributed by atoms with Crippen LogP contribution in [0.1, 0.15) is 27.4 Å². The van der Waals surface area contributed by atoms with Gasteiger partial charge in [0.1, 0.15) is 10.7 Å². The largest absolute Gasteiger partial charge is 0.389 e. The van der Waals surface area contributed by atoms with Crippen LogP contribution < -0.4 is 5.73 Å². The molecule has 21 heavy (non-hydrogen) atoms. The number of pyridine rings is 2. The number of aryl methyl sites for hydroxylation is 1. The molecule has 0 bridgehead atoms. The van der Waals surface area contributed by atoms with Crippen LogP contribution in [-0.2, 0) is 6.54 Å². The summed E-state index contributed by atoms with van der Waals surface area (Å²) in [6.45, 7) is 2.35. The zero-order valence-electron chi connectivity index (χ0n) is 11.9. The van der Waals surface area contributed by atoms with Gasteiger partial charge in [0.15, 0.2) is 0 Å². The van der Waals surface area contributed by atoms with Crippen molar-refractivity contribution in [1.29, 1.82) is 0 Å². The van der Waals surface area contributed by atoms with E-state index in [9.17, 15) is 4.79 Å². The Balaban J connectivity index is 2.10. The molecule has 0 aliphatic heterocycles. The van der Waals surface area contributed by atoms with E-state index in [0.29, 0.717) is 17.8 Å². The Hall–Kier alpha value is -2.34. The molecule has 2 rings (SSSR count). The molecule has 2 aromatic heterocycles. The SMILES string of the molecule is Cc1cccc(CN(C)C(=O)c2ccc(C(N)=S)cn2)n1. The van der Waals surface area contributed by atoms with Crippen molar-refractivity contribution in [2.45, 2.75) is 13.5 Å². The van der Waals surface area contributed by atoms with Gasteiger partial charge in [0, 0.05) is 24.5 Å². The molecule has 2 aromatic rings. The maximum atomic E-state index is 12.3. The van der Waals surface area contributed by atoms with Crippen LogP contribution in [0.2, 0.25) is 0 Å². The summed E-state index contributed by atoms with van der Waals surface area (Å²) in [6, 6.07) is 9.05. The van der Waals surface area contributed by atoms with Crippen LogP contribution in [0, 0.1) is 6.92 Å². The summed E-state index contributed by atoms with van der Waals surface area (Å²) >= 11 is 4.86. The second-order valence-corrected chi connectivity index (χ2v) is 5.17. The van der Waals surface area contributed by atoms with Gasteiger partial charge in [-0.1, -0.05) is 18.3 Å². The standard InChI is InChI=1S/C15H16N4OS/c1-10-4-3-5-12(18-10)9-19(2)15(20)13-7-6-11(8-17-13)14(16)21/h3-8H,9H2,1-2H3,(H2,16,21). The first-order valence-corrected chi connectivity index (χ1v) is 6.82. The second kappa shape index (κ2) is 6.41. The van der Waals surface area contributed by atoms with Crippen molar-refractivity contribution in [3.8, 4) is 0 Å².